The number of nitrogens with one attached hydrogen (secondary N) is 1. The molecule has 0 aliphatic rings. The molecule has 0 radical (unpaired) electrons. The van der Waals surface area contributed by atoms with Crippen LogP contribution in [0.3, 0.4) is 0 Å². The summed E-state index contributed by atoms with van der Waals surface area (Å²) in [6, 6.07) is 16.0. The number of halogens is 1. The molecule has 5 heteroatoms. The first-order valence-electron chi connectivity index (χ1n) is 8.26. The minimum absolute atomic E-state index is 0.170. The lowest BCUT2D eigenvalue weighted by atomic mass is 10.1. The van der Waals surface area contributed by atoms with Gasteiger partial charge in [0.1, 0.15) is 5.75 Å². The number of methoxy groups -OCH3 is 1. The predicted molar refractivity (Wildman–Crippen MR) is 102 cm³/mol. The molecule has 3 aromatic rings. The van der Waals surface area contributed by atoms with Crippen LogP contribution in [0, 0.1) is 6.92 Å². The minimum atomic E-state index is 0.170. The molecule has 0 saturated carbocycles. The van der Waals surface area contributed by atoms with Crippen LogP contribution in [0.5, 0.6) is 5.75 Å². The highest BCUT2D eigenvalue weighted by Gasteiger charge is 2.14. The van der Waals surface area contributed by atoms with Gasteiger partial charge in [0.25, 0.3) is 0 Å². The molecule has 2 aromatic carbocycles. The Bertz CT molecular complexity index is 842. The Hall–Kier alpha value is -2.30. The van der Waals surface area contributed by atoms with E-state index in [9.17, 15) is 0 Å². The molecule has 1 aromatic heterocycles. The molecule has 0 spiro atoms. The van der Waals surface area contributed by atoms with Crippen LogP contribution in [0.2, 0.25) is 5.02 Å². The Labute approximate surface area is 153 Å². The monoisotopic (exact) mass is 355 g/mol. The van der Waals surface area contributed by atoms with E-state index in [0.29, 0.717) is 6.54 Å². The Morgan fingerprint density at radius 3 is 2.56 bits per heavy atom. The molecule has 0 fully saturated rings. The number of aromatic nitrogens is 2. The molecular weight excluding hydrogens is 334 g/mol. The zero-order chi connectivity index (χ0) is 17.8. The summed E-state index contributed by atoms with van der Waals surface area (Å²) in [6.07, 6.45) is 1.92. The SMILES string of the molecule is COc1ccc(-n2ncc([C@H](C)NCc3ccccc3Cl)c2C)cc1. The number of hydrogen-bond donors (Lipinski definition) is 1. The summed E-state index contributed by atoms with van der Waals surface area (Å²) in [5, 5.41) is 8.85. The molecule has 1 N–H and O–H groups in total. The van der Waals surface area contributed by atoms with Crippen molar-refractivity contribution in [1.29, 1.82) is 0 Å². The second kappa shape index (κ2) is 7.72. The molecular formula is C20H22ClN3O. The number of nitrogens with zero attached hydrogens (tertiary/aromatic N) is 2. The van der Waals surface area contributed by atoms with Gasteiger partial charge in [-0.25, -0.2) is 4.68 Å². The molecule has 0 bridgehead atoms. The van der Waals surface area contributed by atoms with E-state index in [1.54, 1.807) is 7.11 Å². The van der Waals surface area contributed by atoms with Gasteiger partial charge in [-0.05, 0) is 49.7 Å². The zero-order valence-electron chi connectivity index (χ0n) is 14.7. The van der Waals surface area contributed by atoms with Gasteiger partial charge in [-0.1, -0.05) is 29.8 Å². The third kappa shape index (κ3) is 3.86. The second-order valence-corrected chi connectivity index (χ2v) is 6.40. The van der Waals surface area contributed by atoms with Crippen LogP contribution in [0.4, 0.5) is 0 Å². The number of hydrogen-bond acceptors (Lipinski definition) is 3. The fraction of sp³-hybridized carbons (Fsp3) is 0.250. The van der Waals surface area contributed by atoms with E-state index in [-0.39, 0.29) is 6.04 Å². The van der Waals surface area contributed by atoms with Crippen molar-refractivity contribution in [1.82, 2.24) is 15.1 Å². The van der Waals surface area contributed by atoms with E-state index >= 15 is 0 Å². The van der Waals surface area contributed by atoms with Crippen molar-refractivity contribution >= 4 is 11.6 Å². The topological polar surface area (TPSA) is 39.1 Å². The van der Waals surface area contributed by atoms with E-state index in [1.165, 1.54) is 5.56 Å². The van der Waals surface area contributed by atoms with Gasteiger partial charge >= 0.3 is 0 Å². The summed E-state index contributed by atoms with van der Waals surface area (Å²) >= 11 is 6.23. The molecule has 0 amide bonds. The lowest BCUT2D eigenvalue weighted by Crippen LogP contribution is -2.18. The molecule has 3 rings (SSSR count). The molecule has 0 saturated heterocycles. The van der Waals surface area contributed by atoms with Gasteiger partial charge in [-0.3, -0.25) is 0 Å². The van der Waals surface area contributed by atoms with Crippen molar-refractivity contribution in [2.24, 2.45) is 0 Å². The fourth-order valence-electron chi connectivity index (χ4n) is 2.85. The Morgan fingerprint density at radius 1 is 1.16 bits per heavy atom. The van der Waals surface area contributed by atoms with Crippen LogP contribution in [0.15, 0.2) is 54.7 Å². The molecule has 0 aliphatic carbocycles. The van der Waals surface area contributed by atoms with Crippen LogP contribution < -0.4 is 10.1 Å². The third-order valence-electron chi connectivity index (χ3n) is 4.39. The highest BCUT2D eigenvalue weighted by molar-refractivity contribution is 6.31. The molecule has 0 aliphatic heterocycles. The van der Waals surface area contributed by atoms with E-state index in [1.807, 2.05) is 59.4 Å². The summed E-state index contributed by atoms with van der Waals surface area (Å²) in [5.74, 6) is 0.837. The molecule has 130 valence electrons. The lowest BCUT2D eigenvalue weighted by Gasteiger charge is -2.15. The summed E-state index contributed by atoms with van der Waals surface area (Å²) in [6.45, 7) is 4.94. The van der Waals surface area contributed by atoms with Gasteiger partial charge in [0.15, 0.2) is 0 Å². The number of benzene rings is 2. The first-order chi connectivity index (χ1) is 12.1. The lowest BCUT2D eigenvalue weighted by molar-refractivity contribution is 0.414. The Balaban J connectivity index is 1.74. The summed E-state index contributed by atoms with van der Waals surface area (Å²) in [5.41, 5.74) is 4.39. The minimum Gasteiger partial charge on any atom is -0.497 e. The van der Waals surface area contributed by atoms with Gasteiger partial charge in [0.2, 0.25) is 0 Å². The van der Waals surface area contributed by atoms with Crippen molar-refractivity contribution in [2.75, 3.05) is 7.11 Å². The number of rotatable bonds is 6. The highest BCUT2D eigenvalue weighted by atomic mass is 35.5. The van der Waals surface area contributed by atoms with Crippen molar-refractivity contribution in [3.8, 4) is 11.4 Å². The van der Waals surface area contributed by atoms with Gasteiger partial charge in [0.05, 0.1) is 19.0 Å². The normalized spacial score (nSPS) is 12.2. The number of ether oxygens (including phenoxy) is 1. The van der Waals surface area contributed by atoms with Crippen LogP contribution in [-0.2, 0) is 6.54 Å². The van der Waals surface area contributed by atoms with E-state index in [2.05, 4.69) is 24.3 Å². The Morgan fingerprint density at radius 2 is 1.88 bits per heavy atom. The van der Waals surface area contributed by atoms with Crippen LogP contribution in [-0.4, -0.2) is 16.9 Å². The molecule has 25 heavy (non-hydrogen) atoms. The van der Waals surface area contributed by atoms with Gasteiger partial charge in [-0.15, -0.1) is 0 Å². The first-order valence-corrected chi connectivity index (χ1v) is 8.63. The smallest absolute Gasteiger partial charge is 0.119 e. The van der Waals surface area contributed by atoms with Crippen LogP contribution >= 0.6 is 11.6 Å². The molecule has 0 unspecified atom stereocenters. The molecule has 1 atom stereocenters. The molecule has 1 heterocycles. The van der Waals surface area contributed by atoms with Crippen molar-refractivity contribution < 1.29 is 4.74 Å². The summed E-state index contributed by atoms with van der Waals surface area (Å²) in [4.78, 5) is 0. The highest BCUT2D eigenvalue weighted by Crippen LogP contribution is 2.23. The standard InChI is InChI=1S/C20H22ClN3O/c1-14(22-12-16-6-4-5-7-20(16)21)19-13-23-24(15(19)2)17-8-10-18(25-3)11-9-17/h4-11,13-14,22H,12H2,1-3H3/t14-/m0/s1. The summed E-state index contributed by atoms with van der Waals surface area (Å²) in [7, 11) is 1.67. The average molecular weight is 356 g/mol. The van der Waals surface area contributed by atoms with Crippen molar-refractivity contribution in [3.63, 3.8) is 0 Å². The predicted octanol–water partition coefficient (Wildman–Crippen LogP) is 4.69. The van der Waals surface area contributed by atoms with Crippen molar-refractivity contribution in [2.45, 2.75) is 26.4 Å². The van der Waals surface area contributed by atoms with Gasteiger partial charge in [0, 0.05) is 28.9 Å². The van der Waals surface area contributed by atoms with Gasteiger partial charge in [-0.2, -0.15) is 5.10 Å². The van der Waals surface area contributed by atoms with Crippen molar-refractivity contribution in [3.05, 3.63) is 76.6 Å². The van der Waals surface area contributed by atoms with Gasteiger partial charge < -0.3 is 10.1 Å². The van der Waals surface area contributed by atoms with E-state index < -0.39 is 0 Å². The average Bonchev–Trinajstić information content (AvgIpc) is 3.02. The maximum absolute atomic E-state index is 6.23. The quantitative estimate of drug-likeness (QED) is 0.697. The Kier molecular flexibility index (Phi) is 5.41. The maximum Gasteiger partial charge on any atom is 0.119 e. The molecule has 4 nitrogen and oxygen atoms in total. The van der Waals surface area contributed by atoms with Crippen LogP contribution in [0.1, 0.15) is 29.8 Å². The summed E-state index contributed by atoms with van der Waals surface area (Å²) < 4.78 is 7.16. The van der Waals surface area contributed by atoms with E-state index in [4.69, 9.17) is 16.3 Å². The fourth-order valence-corrected chi connectivity index (χ4v) is 3.05. The third-order valence-corrected chi connectivity index (χ3v) is 4.76. The zero-order valence-corrected chi connectivity index (χ0v) is 15.4. The van der Waals surface area contributed by atoms with E-state index in [0.717, 1.165) is 27.7 Å². The van der Waals surface area contributed by atoms with Crippen LogP contribution in [0.25, 0.3) is 5.69 Å². The maximum atomic E-state index is 6.23. The largest absolute Gasteiger partial charge is 0.497 e. The first kappa shape index (κ1) is 17.5. The second-order valence-electron chi connectivity index (χ2n) is 5.99.